The maximum atomic E-state index is 12.4. The van der Waals surface area contributed by atoms with E-state index >= 15 is 0 Å². The summed E-state index contributed by atoms with van der Waals surface area (Å²) in [6.45, 7) is 1.07. The van der Waals surface area contributed by atoms with Crippen molar-refractivity contribution in [3.8, 4) is 11.5 Å². The number of halogens is 1. The van der Waals surface area contributed by atoms with Gasteiger partial charge >= 0.3 is 0 Å². The molecule has 1 unspecified atom stereocenters. The van der Waals surface area contributed by atoms with Gasteiger partial charge < -0.3 is 26.5 Å². The molecule has 0 saturated heterocycles. The second-order valence-corrected chi connectivity index (χ2v) is 6.49. The summed E-state index contributed by atoms with van der Waals surface area (Å²) in [5.41, 5.74) is 1.94. The molecule has 2 aromatic carbocycles. The minimum atomic E-state index is 0. The van der Waals surface area contributed by atoms with Gasteiger partial charge in [-0.05, 0) is 35.9 Å². The van der Waals surface area contributed by atoms with Gasteiger partial charge in [-0.25, -0.2) is 9.13 Å². The Kier molecular flexibility index (Phi) is 5.96. The molecule has 0 N–H and O–H groups in total. The molecule has 0 radical (unpaired) electrons. The molecule has 0 amide bonds. The molecule has 27 heavy (non-hydrogen) atoms. The van der Waals surface area contributed by atoms with Crippen LogP contribution in [0.1, 0.15) is 15.9 Å². The first-order valence-electron chi connectivity index (χ1n) is 8.68. The summed E-state index contributed by atoms with van der Waals surface area (Å²) in [6.07, 6.45) is 6.90. The number of fused-ring (bicyclic) bond motifs is 1. The monoisotopic (exact) mass is 428 g/mol. The van der Waals surface area contributed by atoms with Gasteiger partial charge in [0.15, 0.2) is 6.54 Å². The summed E-state index contributed by atoms with van der Waals surface area (Å²) in [6, 6.07) is 15.4. The van der Waals surface area contributed by atoms with Crippen LogP contribution in [-0.4, -0.2) is 23.6 Å². The van der Waals surface area contributed by atoms with Gasteiger partial charge in [-0.3, -0.25) is 4.79 Å². The summed E-state index contributed by atoms with van der Waals surface area (Å²) in [5.74, 6) is 1.80. The normalized spacial score (nSPS) is 14.8. The van der Waals surface area contributed by atoms with Crippen LogP contribution in [0.15, 0.2) is 67.3 Å². The number of nitrogens with zero attached hydrogens (tertiary/aromatic N) is 2. The number of hydrogen-bond acceptors (Lipinski definition) is 3. The molecular formula is C21H21BrN2O3. The lowest BCUT2D eigenvalue weighted by molar-refractivity contribution is -0.682. The Morgan fingerprint density at radius 2 is 2.00 bits per heavy atom. The van der Waals surface area contributed by atoms with E-state index in [0.717, 1.165) is 24.5 Å². The number of carbonyl (C=O) groups is 1. The van der Waals surface area contributed by atoms with Crippen molar-refractivity contribution in [2.75, 3.05) is 7.11 Å². The molecule has 0 bridgehead atoms. The van der Waals surface area contributed by atoms with Gasteiger partial charge in [0.05, 0.1) is 7.11 Å². The molecule has 0 spiro atoms. The number of rotatable bonds is 6. The maximum absolute atomic E-state index is 12.4. The lowest BCUT2D eigenvalue weighted by atomic mass is 10.1. The Balaban J connectivity index is 0.00000210. The van der Waals surface area contributed by atoms with E-state index in [0.29, 0.717) is 12.1 Å². The Morgan fingerprint density at radius 3 is 2.74 bits per heavy atom. The summed E-state index contributed by atoms with van der Waals surface area (Å²) >= 11 is 0. The third kappa shape index (κ3) is 4.39. The molecule has 0 fully saturated rings. The minimum absolute atomic E-state index is 0. The van der Waals surface area contributed by atoms with Gasteiger partial charge in [0.25, 0.3) is 0 Å². The Bertz CT molecular complexity index is 896. The summed E-state index contributed by atoms with van der Waals surface area (Å²) < 4.78 is 15.1. The van der Waals surface area contributed by atoms with Gasteiger partial charge in [0.1, 0.15) is 36.5 Å². The van der Waals surface area contributed by atoms with Crippen LogP contribution in [0.5, 0.6) is 11.5 Å². The molecule has 4 rings (SSSR count). The number of ketones is 1. The maximum Gasteiger partial charge on any atom is 0.244 e. The Labute approximate surface area is 168 Å². The average molecular weight is 429 g/mol. The predicted octanol–water partition coefficient (Wildman–Crippen LogP) is -0.325. The van der Waals surface area contributed by atoms with E-state index in [4.69, 9.17) is 9.47 Å². The van der Waals surface area contributed by atoms with Crippen molar-refractivity contribution in [2.45, 2.75) is 25.6 Å². The molecule has 6 heteroatoms. The largest absolute Gasteiger partial charge is 1.00 e. The Hall–Kier alpha value is -2.60. The van der Waals surface area contributed by atoms with Crippen LogP contribution in [0.3, 0.4) is 0 Å². The van der Waals surface area contributed by atoms with E-state index in [2.05, 4.69) is 10.6 Å². The van der Waals surface area contributed by atoms with Crippen molar-refractivity contribution in [1.82, 2.24) is 4.57 Å². The van der Waals surface area contributed by atoms with Crippen LogP contribution in [0, 0.1) is 0 Å². The average Bonchev–Trinajstić information content (AvgIpc) is 3.28. The number of para-hydroxylation sites is 1. The minimum Gasteiger partial charge on any atom is -1.00 e. The van der Waals surface area contributed by atoms with Crippen LogP contribution in [0.25, 0.3) is 0 Å². The molecule has 5 nitrogen and oxygen atoms in total. The number of aromatic nitrogens is 2. The second kappa shape index (κ2) is 8.39. The molecule has 140 valence electrons. The van der Waals surface area contributed by atoms with Gasteiger partial charge in [0, 0.05) is 12.0 Å². The molecule has 1 aliphatic heterocycles. The number of Topliss-reactive ketones (excluding diaryl/α,β-unsaturated/α-hetero) is 1. The topological polar surface area (TPSA) is 44.3 Å². The fraction of sp³-hybridized carbons (Fsp3) is 0.238. The van der Waals surface area contributed by atoms with Crippen LogP contribution in [0.4, 0.5) is 0 Å². The van der Waals surface area contributed by atoms with E-state index in [1.54, 1.807) is 31.4 Å². The zero-order valence-electron chi connectivity index (χ0n) is 15.0. The summed E-state index contributed by atoms with van der Waals surface area (Å²) in [4.78, 5) is 12.4. The number of benzene rings is 2. The van der Waals surface area contributed by atoms with Crippen molar-refractivity contribution in [2.24, 2.45) is 0 Å². The molecule has 2 heterocycles. The number of ether oxygens (including phenoxy) is 2. The molecule has 3 aromatic rings. The van der Waals surface area contributed by atoms with Crippen molar-refractivity contribution < 1.29 is 35.8 Å². The highest BCUT2D eigenvalue weighted by atomic mass is 79.9. The van der Waals surface area contributed by atoms with Crippen LogP contribution in [0.2, 0.25) is 0 Å². The van der Waals surface area contributed by atoms with Crippen molar-refractivity contribution in [3.05, 3.63) is 78.4 Å². The molecule has 0 aliphatic carbocycles. The predicted molar refractivity (Wildman–Crippen MR) is 96.5 cm³/mol. The van der Waals surface area contributed by atoms with Gasteiger partial charge in [-0.1, -0.05) is 18.2 Å². The van der Waals surface area contributed by atoms with E-state index in [-0.39, 0.29) is 28.9 Å². The fourth-order valence-electron chi connectivity index (χ4n) is 3.27. The zero-order valence-corrected chi connectivity index (χ0v) is 16.6. The summed E-state index contributed by atoms with van der Waals surface area (Å²) in [7, 11) is 1.61. The molecule has 1 aliphatic rings. The van der Waals surface area contributed by atoms with Crippen LogP contribution < -0.4 is 31.0 Å². The van der Waals surface area contributed by atoms with Crippen LogP contribution in [-0.2, 0) is 19.5 Å². The van der Waals surface area contributed by atoms with Gasteiger partial charge in [0.2, 0.25) is 12.1 Å². The third-order valence-electron chi connectivity index (χ3n) is 4.61. The lowest BCUT2D eigenvalue weighted by Crippen LogP contribution is -3.00. The summed E-state index contributed by atoms with van der Waals surface area (Å²) in [5, 5.41) is 0. The number of methoxy groups -OCH3 is 1. The number of imidazole rings is 1. The molecule has 1 aromatic heterocycles. The lowest BCUT2D eigenvalue weighted by Gasteiger charge is -2.07. The number of hydrogen-bond donors (Lipinski definition) is 0. The molecule has 1 atom stereocenters. The highest BCUT2D eigenvalue weighted by Gasteiger charge is 2.24. The SMILES string of the molecule is COc1ccc(C(=O)C[n+]2ccn(CC3Cc4ccccc4O3)c2)cc1.[Br-]. The van der Waals surface area contributed by atoms with Crippen LogP contribution >= 0.6 is 0 Å². The Morgan fingerprint density at radius 1 is 1.22 bits per heavy atom. The van der Waals surface area contributed by atoms with Crippen molar-refractivity contribution >= 4 is 5.78 Å². The van der Waals surface area contributed by atoms with Crippen molar-refractivity contribution in [3.63, 3.8) is 0 Å². The van der Waals surface area contributed by atoms with E-state index in [1.807, 2.05) is 41.5 Å². The van der Waals surface area contributed by atoms with Crippen molar-refractivity contribution in [1.29, 1.82) is 0 Å². The molecular weight excluding hydrogens is 408 g/mol. The van der Waals surface area contributed by atoms with E-state index < -0.39 is 0 Å². The standard InChI is InChI=1S/C21H21N2O3.BrH/c1-25-18-8-6-16(7-9-18)20(24)14-23-11-10-22(15-23)13-19-12-17-4-2-3-5-21(17)26-19;/h2-11,15,19H,12-14H2,1H3;1H/q+1;/p-1. The quantitative estimate of drug-likeness (QED) is 0.399. The first kappa shape index (κ1) is 19.2. The van der Waals surface area contributed by atoms with Gasteiger partial charge in [-0.15, -0.1) is 0 Å². The van der Waals surface area contributed by atoms with Gasteiger partial charge in [-0.2, -0.15) is 0 Å². The number of carbonyl (C=O) groups excluding carboxylic acids is 1. The second-order valence-electron chi connectivity index (χ2n) is 6.49. The first-order valence-corrected chi connectivity index (χ1v) is 8.68. The molecule has 0 saturated carbocycles. The fourth-order valence-corrected chi connectivity index (χ4v) is 3.27. The third-order valence-corrected chi connectivity index (χ3v) is 4.61. The zero-order chi connectivity index (χ0) is 17.9. The first-order chi connectivity index (χ1) is 12.7. The van der Waals surface area contributed by atoms with E-state index in [9.17, 15) is 4.79 Å². The van der Waals surface area contributed by atoms with E-state index in [1.165, 1.54) is 5.56 Å². The smallest absolute Gasteiger partial charge is 0.244 e. The highest BCUT2D eigenvalue weighted by molar-refractivity contribution is 5.95. The highest BCUT2D eigenvalue weighted by Crippen LogP contribution is 2.28.